The van der Waals surface area contributed by atoms with Gasteiger partial charge >= 0.3 is 0 Å². The van der Waals surface area contributed by atoms with Crippen LogP contribution in [0.2, 0.25) is 5.02 Å². The molecule has 0 radical (unpaired) electrons. The summed E-state index contributed by atoms with van der Waals surface area (Å²) in [6.45, 7) is 2.64. The largest absolute Gasteiger partial charge is 0.377 e. The zero-order valence-electron chi connectivity index (χ0n) is 8.42. The van der Waals surface area contributed by atoms with Crippen LogP contribution in [0.3, 0.4) is 0 Å². The SMILES string of the molecule is Cc1cccc(NCc2ncc[nH]2)c1Cl. The lowest BCUT2D eigenvalue weighted by Gasteiger charge is -2.08. The van der Waals surface area contributed by atoms with Crippen molar-refractivity contribution >= 4 is 17.3 Å². The molecule has 0 atom stereocenters. The van der Waals surface area contributed by atoms with E-state index in [0.29, 0.717) is 6.54 Å². The molecule has 0 fully saturated rings. The number of anilines is 1. The van der Waals surface area contributed by atoms with Crippen molar-refractivity contribution in [3.05, 3.63) is 47.0 Å². The molecule has 0 saturated heterocycles. The second kappa shape index (κ2) is 4.36. The summed E-state index contributed by atoms with van der Waals surface area (Å²) in [6.07, 6.45) is 3.53. The lowest BCUT2D eigenvalue weighted by Crippen LogP contribution is -2.01. The fourth-order valence-corrected chi connectivity index (χ4v) is 1.55. The summed E-state index contributed by atoms with van der Waals surface area (Å²) in [6, 6.07) is 5.92. The predicted octanol–water partition coefficient (Wildman–Crippen LogP) is 2.98. The van der Waals surface area contributed by atoms with Crippen molar-refractivity contribution in [3.8, 4) is 0 Å². The molecule has 4 heteroatoms. The van der Waals surface area contributed by atoms with E-state index < -0.39 is 0 Å². The van der Waals surface area contributed by atoms with Gasteiger partial charge in [0, 0.05) is 12.4 Å². The summed E-state index contributed by atoms with van der Waals surface area (Å²) >= 11 is 6.14. The van der Waals surface area contributed by atoms with Crippen LogP contribution in [0.25, 0.3) is 0 Å². The molecule has 15 heavy (non-hydrogen) atoms. The summed E-state index contributed by atoms with van der Waals surface area (Å²) in [7, 11) is 0. The van der Waals surface area contributed by atoms with Gasteiger partial charge in [0.2, 0.25) is 0 Å². The molecule has 0 bridgehead atoms. The minimum Gasteiger partial charge on any atom is -0.377 e. The van der Waals surface area contributed by atoms with Gasteiger partial charge in [0.1, 0.15) is 5.82 Å². The van der Waals surface area contributed by atoms with E-state index in [0.717, 1.165) is 22.1 Å². The number of hydrogen-bond donors (Lipinski definition) is 2. The highest BCUT2D eigenvalue weighted by atomic mass is 35.5. The molecule has 0 spiro atoms. The van der Waals surface area contributed by atoms with Gasteiger partial charge < -0.3 is 10.3 Å². The zero-order chi connectivity index (χ0) is 10.7. The van der Waals surface area contributed by atoms with Gasteiger partial charge in [0.25, 0.3) is 0 Å². The number of nitrogens with one attached hydrogen (secondary N) is 2. The van der Waals surface area contributed by atoms with Gasteiger partial charge in [-0.15, -0.1) is 0 Å². The van der Waals surface area contributed by atoms with Crippen molar-refractivity contribution < 1.29 is 0 Å². The molecule has 0 aliphatic rings. The van der Waals surface area contributed by atoms with Gasteiger partial charge in [-0.3, -0.25) is 0 Å². The van der Waals surface area contributed by atoms with Crippen LogP contribution in [0.5, 0.6) is 0 Å². The van der Waals surface area contributed by atoms with Gasteiger partial charge in [-0.25, -0.2) is 4.98 Å². The molecule has 1 aromatic heterocycles. The molecule has 3 nitrogen and oxygen atoms in total. The Balaban J connectivity index is 2.08. The van der Waals surface area contributed by atoms with Crippen LogP contribution in [0.1, 0.15) is 11.4 Å². The smallest absolute Gasteiger partial charge is 0.125 e. The van der Waals surface area contributed by atoms with E-state index >= 15 is 0 Å². The number of rotatable bonds is 3. The number of imidazole rings is 1. The van der Waals surface area contributed by atoms with Crippen LogP contribution in [0.4, 0.5) is 5.69 Å². The van der Waals surface area contributed by atoms with Gasteiger partial charge in [-0.05, 0) is 18.6 Å². The van der Waals surface area contributed by atoms with Crippen LogP contribution in [-0.4, -0.2) is 9.97 Å². The second-order valence-corrected chi connectivity index (χ2v) is 3.70. The van der Waals surface area contributed by atoms with Crippen molar-refractivity contribution in [2.24, 2.45) is 0 Å². The van der Waals surface area contributed by atoms with Crippen molar-refractivity contribution in [2.45, 2.75) is 13.5 Å². The molecule has 0 aliphatic heterocycles. The summed E-state index contributed by atoms with van der Waals surface area (Å²) in [4.78, 5) is 7.15. The minimum atomic E-state index is 0.649. The number of nitrogens with zero attached hydrogens (tertiary/aromatic N) is 1. The molecule has 2 aromatic rings. The van der Waals surface area contributed by atoms with Crippen LogP contribution < -0.4 is 5.32 Å². The highest BCUT2D eigenvalue weighted by Gasteiger charge is 2.02. The standard InChI is InChI=1S/C11H12ClN3/c1-8-3-2-4-9(11(8)12)15-7-10-13-5-6-14-10/h2-6,15H,7H2,1H3,(H,13,14). The Morgan fingerprint density at radius 1 is 1.47 bits per heavy atom. The normalized spacial score (nSPS) is 10.3. The number of aromatic amines is 1. The molecule has 78 valence electrons. The number of hydrogen-bond acceptors (Lipinski definition) is 2. The molecular weight excluding hydrogens is 210 g/mol. The first-order chi connectivity index (χ1) is 7.27. The maximum Gasteiger partial charge on any atom is 0.125 e. The molecule has 0 unspecified atom stereocenters. The molecule has 0 amide bonds. The predicted molar refractivity (Wildman–Crippen MR) is 62.1 cm³/mol. The fourth-order valence-electron chi connectivity index (χ4n) is 1.36. The Morgan fingerprint density at radius 3 is 3.07 bits per heavy atom. The van der Waals surface area contributed by atoms with Gasteiger partial charge in [0.15, 0.2) is 0 Å². The summed E-state index contributed by atoms with van der Waals surface area (Å²) in [5, 5.41) is 4.00. The Morgan fingerprint density at radius 2 is 2.33 bits per heavy atom. The lowest BCUT2D eigenvalue weighted by atomic mass is 10.2. The maximum absolute atomic E-state index is 6.14. The van der Waals surface area contributed by atoms with E-state index in [4.69, 9.17) is 11.6 Å². The number of halogens is 1. The zero-order valence-corrected chi connectivity index (χ0v) is 9.17. The van der Waals surface area contributed by atoms with E-state index in [1.54, 1.807) is 12.4 Å². The molecule has 2 N–H and O–H groups in total. The third-order valence-electron chi connectivity index (χ3n) is 2.19. The molecule has 1 aromatic carbocycles. The number of H-pyrrole nitrogens is 1. The van der Waals surface area contributed by atoms with Gasteiger partial charge in [0.05, 0.1) is 17.3 Å². The summed E-state index contributed by atoms with van der Waals surface area (Å²) in [5.41, 5.74) is 2.01. The topological polar surface area (TPSA) is 40.7 Å². The Kier molecular flexibility index (Phi) is 2.92. The maximum atomic E-state index is 6.14. The fraction of sp³-hybridized carbons (Fsp3) is 0.182. The Bertz CT molecular complexity index is 437. The van der Waals surface area contributed by atoms with Gasteiger partial charge in [-0.1, -0.05) is 23.7 Å². The van der Waals surface area contributed by atoms with Crippen molar-refractivity contribution in [3.63, 3.8) is 0 Å². The average Bonchev–Trinajstić information content (AvgIpc) is 2.73. The summed E-state index contributed by atoms with van der Waals surface area (Å²) in [5.74, 6) is 0.896. The molecular formula is C11H12ClN3. The van der Waals surface area contributed by atoms with Crippen LogP contribution in [0.15, 0.2) is 30.6 Å². The Hall–Kier alpha value is -1.48. The monoisotopic (exact) mass is 221 g/mol. The van der Waals surface area contributed by atoms with Crippen molar-refractivity contribution in [1.29, 1.82) is 0 Å². The van der Waals surface area contributed by atoms with Crippen LogP contribution in [0, 0.1) is 6.92 Å². The van der Waals surface area contributed by atoms with E-state index in [1.807, 2.05) is 25.1 Å². The Labute approximate surface area is 93.5 Å². The second-order valence-electron chi connectivity index (χ2n) is 3.33. The quantitative estimate of drug-likeness (QED) is 0.837. The first-order valence-electron chi connectivity index (χ1n) is 4.74. The van der Waals surface area contributed by atoms with E-state index in [-0.39, 0.29) is 0 Å². The van der Waals surface area contributed by atoms with E-state index in [1.165, 1.54) is 0 Å². The highest BCUT2D eigenvalue weighted by Crippen LogP contribution is 2.25. The van der Waals surface area contributed by atoms with E-state index in [9.17, 15) is 0 Å². The lowest BCUT2D eigenvalue weighted by molar-refractivity contribution is 1.000. The summed E-state index contributed by atoms with van der Waals surface area (Å²) < 4.78 is 0. The molecule has 0 aliphatic carbocycles. The molecule has 1 heterocycles. The minimum absolute atomic E-state index is 0.649. The first kappa shape index (κ1) is 10.1. The third kappa shape index (κ3) is 2.30. The number of aryl methyl sites for hydroxylation is 1. The molecule has 0 saturated carbocycles. The third-order valence-corrected chi connectivity index (χ3v) is 2.69. The van der Waals surface area contributed by atoms with Crippen molar-refractivity contribution in [1.82, 2.24) is 9.97 Å². The number of aromatic nitrogens is 2. The highest BCUT2D eigenvalue weighted by molar-refractivity contribution is 6.33. The van der Waals surface area contributed by atoms with E-state index in [2.05, 4.69) is 15.3 Å². The average molecular weight is 222 g/mol. The van der Waals surface area contributed by atoms with Crippen molar-refractivity contribution in [2.75, 3.05) is 5.32 Å². The number of benzene rings is 1. The van der Waals surface area contributed by atoms with Crippen LogP contribution in [-0.2, 0) is 6.54 Å². The molecule has 2 rings (SSSR count). The first-order valence-corrected chi connectivity index (χ1v) is 5.12. The van der Waals surface area contributed by atoms with Crippen LogP contribution >= 0.6 is 11.6 Å². The van der Waals surface area contributed by atoms with Gasteiger partial charge in [-0.2, -0.15) is 0 Å².